The van der Waals surface area contributed by atoms with Gasteiger partial charge in [-0.15, -0.1) is 0 Å². The standard InChI is InChI=1S/C21H28N2O4S/c1-15-13-20(27-5)16(2)17(3)21(15)28(24,25)23-11-9-22(10-12-23)18-7-6-8-19(14-18)26-4/h6-8,13-14H,9-12H2,1-5H3. The fourth-order valence-electron chi connectivity index (χ4n) is 3.75. The zero-order valence-electron chi connectivity index (χ0n) is 17.2. The molecule has 6 nitrogen and oxygen atoms in total. The quantitative estimate of drug-likeness (QED) is 0.766. The molecule has 0 atom stereocenters. The molecule has 1 aliphatic heterocycles. The van der Waals surface area contributed by atoms with Gasteiger partial charge in [-0.3, -0.25) is 0 Å². The van der Waals surface area contributed by atoms with Crippen molar-refractivity contribution < 1.29 is 17.9 Å². The van der Waals surface area contributed by atoms with Crippen molar-refractivity contribution in [2.24, 2.45) is 0 Å². The molecule has 152 valence electrons. The number of nitrogens with zero attached hydrogens (tertiary/aromatic N) is 2. The lowest BCUT2D eigenvalue weighted by Gasteiger charge is -2.36. The van der Waals surface area contributed by atoms with Gasteiger partial charge in [0, 0.05) is 37.9 Å². The van der Waals surface area contributed by atoms with Crippen LogP contribution in [0.2, 0.25) is 0 Å². The Morgan fingerprint density at radius 2 is 1.57 bits per heavy atom. The maximum atomic E-state index is 13.4. The highest BCUT2D eigenvalue weighted by Crippen LogP contribution is 2.33. The van der Waals surface area contributed by atoms with E-state index in [1.165, 1.54) is 0 Å². The largest absolute Gasteiger partial charge is 0.497 e. The number of benzene rings is 2. The second-order valence-corrected chi connectivity index (χ2v) is 8.94. The van der Waals surface area contributed by atoms with Crippen LogP contribution >= 0.6 is 0 Å². The summed E-state index contributed by atoms with van der Waals surface area (Å²) in [6, 6.07) is 9.66. The van der Waals surface area contributed by atoms with Crippen LogP contribution in [0, 0.1) is 20.8 Å². The Kier molecular flexibility index (Phi) is 5.86. The van der Waals surface area contributed by atoms with E-state index >= 15 is 0 Å². The van der Waals surface area contributed by atoms with E-state index < -0.39 is 10.0 Å². The van der Waals surface area contributed by atoms with Crippen molar-refractivity contribution in [3.63, 3.8) is 0 Å². The van der Waals surface area contributed by atoms with Gasteiger partial charge in [-0.2, -0.15) is 4.31 Å². The Morgan fingerprint density at radius 1 is 0.893 bits per heavy atom. The molecule has 1 heterocycles. The lowest BCUT2D eigenvalue weighted by Crippen LogP contribution is -2.49. The molecule has 0 bridgehead atoms. The predicted octanol–water partition coefficient (Wildman–Crippen LogP) is 3.14. The Bertz CT molecular complexity index is 965. The zero-order chi connectivity index (χ0) is 20.5. The van der Waals surface area contributed by atoms with Crippen molar-refractivity contribution in [1.29, 1.82) is 0 Å². The molecular formula is C21H28N2O4S. The van der Waals surface area contributed by atoms with E-state index in [-0.39, 0.29) is 0 Å². The smallest absolute Gasteiger partial charge is 0.243 e. The molecule has 0 saturated carbocycles. The van der Waals surface area contributed by atoms with Gasteiger partial charge in [0.15, 0.2) is 0 Å². The van der Waals surface area contributed by atoms with Crippen molar-refractivity contribution in [1.82, 2.24) is 4.31 Å². The first-order valence-electron chi connectivity index (χ1n) is 9.33. The van der Waals surface area contributed by atoms with E-state index in [1.54, 1.807) is 18.5 Å². The average molecular weight is 405 g/mol. The third kappa shape index (κ3) is 3.69. The highest BCUT2D eigenvalue weighted by molar-refractivity contribution is 7.89. The summed E-state index contributed by atoms with van der Waals surface area (Å²) in [5, 5.41) is 0. The summed E-state index contributed by atoms with van der Waals surface area (Å²) in [7, 11) is -0.315. The molecule has 0 unspecified atom stereocenters. The monoisotopic (exact) mass is 404 g/mol. The molecule has 7 heteroatoms. The molecule has 0 radical (unpaired) electrons. The molecule has 3 rings (SSSR count). The maximum absolute atomic E-state index is 13.4. The summed E-state index contributed by atoms with van der Waals surface area (Å²) in [5.41, 5.74) is 3.38. The minimum Gasteiger partial charge on any atom is -0.497 e. The first-order valence-corrected chi connectivity index (χ1v) is 10.8. The first kappa shape index (κ1) is 20.5. The van der Waals surface area contributed by atoms with E-state index in [9.17, 15) is 8.42 Å². The topological polar surface area (TPSA) is 59.1 Å². The van der Waals surface area contributed by atoms with Crippen LogP contribution in [0.4, 0.5) is 5.69 Å². The number of aryl methyl sites for hydroxylation is 1. The second-order valence-electron chi connectivity index (χ2n) is 7.07. The lowest BCUT2D eigenvalue weighted by atomic mass is 10.1. The molecule has 0 aliphatic carbocycles. The SMILES string of the molecule is COc1cccc(N2CCN(S(=O)(=O)c3c(C)cc(OC)c(C)c3C)CC2)c1. The fourth-order valence-corrected chi connectivity index (χ4v) is 5.66. The van der Waals surface area contributed by atoms with Gasteiger partial charge in [0.1, 0.15) is 11.5 Å². The highest BCUT2D eigenvalue weighted by Gasteiger charge is 2.32. The van der Waals surface area contributed by atoms with Gasteiger partial charge in [0.05, 0.1) is 19.1 Å². The van der Waals surface area contributed by atoms with Crippen molar-refractivity contribution in [3.05, 3.63) is 47.0 Å². The molecule has 28 heavy (non-hydrogen) atoms. The van der Waals surface area contributed by atoms with E-state index in [4.69, 9.17) is 9.47 Å². The molecule has 0 N–H and O–H groups in total. The molecule has 0 aromatic heterocycles. The number of rotatable bonds is 5. The van der Waals surface area contributed by atoms with Crippen LogP contribution in [0.3, 0.4) is 0 Å². The number of sulfonamides is 1. The van der Waals surface area contributed by atoms with Gasteiger partial charge < -0.3 is 14.4 Å². The van der Waals surface area contributed by atoms with Crippen LogP contribution in [-0.4, -0.2) is 53.1 Å². The van der Waals surface area contributed by atoms with Crippen molar-refractivity contribution in [2.45, 2.75) is 25.7 Å². The Hall–Kier alpha value is -2.25. The third-order valence-electron chi connectivity index (χ3n) is 5.45. The van der Waals surface area contributed by atoms with E-state index in [1.807, 2.05) is 51.1 Å². The first-order chi connectivity index (χ1) is 13.3. The Morgan fingerprint density at radius 3 is 2.18 bits per heavy atom. The number of hydrogen-bond donors (Lipinski definition) is 0. The molecule has 1 saturated heterocycles. The average Bonchev–Trinajstić information content (AvgIpc) is 2.70. The molecule has 1 fully saturated rings. The predicted molar refractivity (Wildman–Crippen MR) is 111 cm³/mol. The van der Waals surface area contributed by atoms with Crippen LogP contribution < -0.4 is 14.4 Å². The number of hydrogen-bond acceptors (Lipinski definition) is 5. The van der Waals surface area contributed by atoms with Gasteiger partial charge in [-0.05, 0) is 55.7 Å². The summed E-state index contributed by atoms with van der Waals surface area (Å²) in [4.78, 5) is 2.59. The minimum absolute atomic E-state index is 0.403. The molecular weight excluding hydrogens is 376 g/mol. The Balaban J connectivity index is 1.83. The van der Waals surface area contributed by atoms with Gasteiger partial charge in [-0.1, -0.05) is 6.07 Å². The molecule has 2 aromatic rings. The molecule has 0 spiro atoms. The highest BCUT2D eigenvalue weighted by atomic mass is 32.2. The van der Waals surface area contributed by atoms with Crippen molar-refractivity contribution in [2.75, 3.05) is 45.3 Å². The summed E-state index contributed by atoms with van der Waals surface area (Å²) in [6.45, 7) is 7.75. The Labute approximate surface area is 167 Å². The molecule has 0 amide bonds. The number of methoxy groups -OCH3 is 2. The van der Waals surface area contributed by atoms with Gasteiger partial charge >= 0.3 is 0 Å². The summed E-state index contributed by atoms with van der Waals surface area (Å²) in [6.07, 6.45) is 0. The second kappa shape index (κ2) is 8.01. The van der Waals surface area contributed by atoms with Crippen LogP contribution in [0.1, 0.15) is 16.7 Å². The summed E-state index contributed by atoms with van der Waals surface area (Å²) >= 11 is 0. The number of piperazine rings is 1. The zero-order valence-corrected chi connectivity index (χ0v) is 18.0. The van der Waals surface area contributed by atoms with Gasteiger partial charge in [-0.25, -0.2) is 8.42 Å². The van der Waals surface area contributed by atoms with Crippen molar-refractivity contribution in [3.8, 4) is 11.5 Å². The van der Waals surface area contributed by atoms with Crippen LogP contribution in [0.5, 0.6) is 11.5 Å². The van der Waals surface area contributed by atoms with Crippen LogP contribution in [-0.2, 0) is 10.0 Å². The number of ether oxygens (including phenoxy) is 2. The van der Waals surface area contributed by atoms with Crippen LogP contribution in [0.15, 0.2) is 35.2 Å². The summed E-state index contributed by atoms with van der Waals surface area (Å²) < 4.78 is 39.0. The van der Waals surface area contributed by atoms with E-state index in [0.717, 1.165) is 33.9 Å². The fraction of sp³-hybridized carbons (Fsp3) is 0.429. The summed E-state index contributed by atoms with van der Waals surface area (Å²) in [5.74, 6) is 1.52. The van der Waals surface area contributed by atoms with Crippen molar-refractivity contribution >= 4 is 15.7 Å². The number of anilines is 1. The van der Waals surface area contributed by atoms with E-state index in [2.05, 4.69) is 4.90 Å². The van der Waals surface area contributed by atoms with E-state index in [0.29, 0.717) is 31.1 Å². The molecule has 1 aliphatic rings. The van der Waals surface area contributed by atoms with Gasteiger partial charge in [0.25, 0.3) is 0 Å². The lowest BCUT2D eigenvalue weighted by molar-refractivity contribution is 0.383. The minimum atomic E-state index is -3.56. The van der Waals surface area contributed by atoms with Gasteiger partial charge in [0.2, 0.25) is 10.0 Å². The normalized spacial score (nSPS) is 15.5. The molecule has 2 aromatic carbocycles. The third-order valence-corrected chi connectivity index (χ3v) is 7.64. The van der Waals surface area contributed by atoms with Crippen LogP contribution in [0.25, 0.3) is 0 Å². The maximum Gasteiger partial charge on any atom is 0.243 e.